The molecule has 0 saturated heterocycles. The summed E-state index contributed by atoms with van der Waals surface area (Å²) in [5.41, 5.74) is 1.90. The highest BCUT2D eigenvalue weighted by atomic mass is 79.9. The third-order valence-electron chi connectivity index (χ3n) is 2.15. The number of halogens is 2. The summed E-state index contributed by atoms with van der Waals surface area (Å²) < 4.78 is 18.6. The van der Waals surface area contributed by atoms with Crippen molar-refractivity contribution in [1.29, 1.82) is 0 Å². The van der Waals surface area contributed by atoms with Crippen molar-refractivity contribution >= 4 is 21.9 Å². The van der Waals surface area contributed by atoms with E-state index in [0.717, 1.165) is 5.56 Å². The molecular weight excluding hydrogens is 275 g/mol. The molecule has 0 radical (unpaired) electrons. The van der Waals surface area contributed by atoms with E-state index < -0.39 is 5.97 Å². The van der Waals surface area contributed by atoms with Crippen LogP contribution in [-0.2, 0) is 21.3 Å². The first-order chi connectivity index (χ1) is 7.58. The lowest BCUT2D eigenvalue weighted by molar-refractivity contribution is -0.142. The van der Waals surface area contributed by atoms with E-state index in [9.17, 15) is 9.18 Å². The predicted molar refractivity (Wildman–Crippen MR) is 64.1 cm³/mol. The van der Waals surface area contributed by atoms with Crippen LogP contribution in [0.2, 0.25) is 0 Å². The summed E-state index contributed by atoms with van der Waals surface area (Å²) in [6, 6.07) is 3.44. The molecule has 88 valence electrons. The van der Waals surface area contributed by atoms with Crippen LogP contribution in [0.3, 0.4) is 0 Å². The molecule has 4 heteroatoms. The number of carbonyl (C=O) groups is 1. The Labute approximate surface area is 103 Å². The minimum absolute atomic E-state index is 0.0125. The summed E-state index contributed by atoms with van der Waals surface area (Å²) in [7, 11) is 0. The fraction of sp³-hybridized carbons (Fsp3) is 0.417. The van der Waals surface area contributed by atoms with E-state index in [1.807, 2.05) is 6.92 Å². The van der Waals surface area contributed by atoms with Gasteiger partial charge >= 0.3 is 5.97 Å². The Balaban J connectivity index is 2.95. The quantitative estimate of drug-likeness (QED) is 0.629. The molecule has 0 aliphatic rings. The van der Waals surface area contributed by atoms with Crippen LogP contribution in [-0.4, -0.2) is 12.6 Å². The van der Waals surface area contributed by atoms with Crippen LogP contribution in [0.25, 0.3) is 0 Å². The number of ether oxygens (including phenoxy) is 1. The highest BCUT2D eigenvalue weighted by molar-refractivity contribution is 9.08. The number of alkyl halides is 1. The lowest BCUT2D eigenvalue weighted by atomic mass is 10.0. The number of hydrogen-bond acceptors (Lipinski definition) is 2. The van der Waals surface area contributed by atoms with E-state index in [4.69, 9.17) is 4.74 Å². The molecule has 1 aromatic carbocycles. The number of aryl methyl sites for hydroxylation is 1. The Hall–Kier alpha value is -0.900. The van der Waals surface area contributed by atoms with Gasteiger partial charge in [-0.1, -0.05) is 33.6 Å². The van der Waals surface area contributed by atoms with Crippen LogP contribution in [0.4, 0.5) is 4.39 Å². The molecule has 2 nitrogen and oxygen atoms in total. The third-order valence-corrected chi connectivity index (χ3v) is 2.76. The number of rotatable bonds is 4. The van der Waals surface area contributed by atoms with Gasteiger partial charge in [0, 0.05) is 5.33 Å². The second-order valence-corrected chi connectivity index (χ2v) is 4.07. The van der Waals surface area contributed by atoms with E-state index in [1.54, 1.807) is 19.1 Å². The zero-order chi connectivity index (χ0) is 12.1. The summed E-state index contributed by atoms with van der Waals surface area (Å²) in [5, 5.41) is 0.441. The molecule has 0 heterocycles. The molecule has 0 aliphatic heterocycles. The van der Waals surface area contributed by atoms with Gasteiger partial charge in [-0.05, 0) is 25.0 Å². The van der Waals surface area contributed by atoms with Gasteiger partial charge in [0.1, 0.15) is 5.82 Å². The van der Waals surface area contributed by atoms with Crippen LogP contribution < -0.4 is 0 Å². The Morgan fingerprint density at radius 3 is 2.62 bits per heavy atom. The van der Waals surface area contributed by atoms with Gasteiger partial charge in [0.25, 0.3) is 0 Å². The molecule has 0 aromatic heterocycles. The molecule has 1 rings (SSSR count). The molecule has 0 unspecified atom stereocenters. The molecular formula is C12H14BrFO2. The summed E-state index contributed by atoms with van der Waals surface area (Å²) in [6.45, 7) is 3.92. The molecule has 0 atom stereocenters. The van der Waals surface area contributed by atoms with Gasteiger partial charge in [-0.2, -0.15) is 0 Å². The molecule has 0 amide bonds. The fourth-order valence-corrected chi connectivity index (χ4v) is 1.93. The summed E-state index contributed by atoms with van der Waals surface area (Å²) >= 11 is 3.22. The summed E-state index contributed by atoms with van der Waals surface area (Å²) in [6.07, 6.45) is -0.0125. The van der Waals surface area contributed by atoms with Gasteiger partial charge in [0.2, 0.25) is 0 Å². The highest BCUT2D eigenvalue weighted by Crippen LogP contribution is 2.19. The molecule has 1 aromatic rings. The van der Waals surface area contributed by atoms with Gasteiger partial charge in [0.05, 0.1) is 13.0 Å². The van der Waals surface area contributed by atoms with Crippen molar-refractivity contribution in [3.05, 3.63) is 34.6 Å². The average molecular weight is 289 g/mol. The second-order valence-electron chi connectivity index (χ2n) is 3.51. The van der Waals surface area contributed by atoms with E-state index >= 15 is 0 Å². The number of esters is 1. The van der Waals surface area contributed by atoms with Gasteiger partial charge in [-0.3, -0.25) is 4.79 Å². The first-order valence-corrected chi connectivity index (χ1v) is 6.20. The standard InChI is InChI=1S/C12H14BrFO2/c1-3-16-11(15)6-9-4-8(2)5-10(7-13)12(9)14/h4-5H,3,6-7H2,1-2H3. The van der Waals surface area contributed by atoms with Gasteiger partial charge < -0.3 is 4.74 Å². The molecule has 0 saturated carbocycles. The highest BCUT2D eigenvalue weighted by Gasteiger charge is 2.12. The maximum atomic E-state index is 13.8. The largest absolute Gasteiger partial charge is 0.466 e. The molecule has 0 aliphatic carbocycles. The van der Waals surface area contributed by atoms with Crippen molar-refractivity contribution in [2.24, 2.45) is 0 Å². The first-order valence-electron chi connectivity index (χ1n) is 5.08. The molecule has 0 N–H and O–H groups in total. The number of carbonyl (C=O) groups excluding carboxylic acids is 1. The van der Waals surface area contributed by atoms with Crippen LogP contribution in [0.1, 0.15) is 23.6 Å². The second kappa shape index (κ2) is 5.99. The van der Waals surface area contributed by atoms with E-state index in [-0.39, 0.29) is 12.2 Å². The van der Waals surface area contributed by atoms with Crippen LogP contribution in [0.5, 0.6) is 0 Å². The van der Waals surface area contributed by atoms with Crippen molar-refractivity contribution in [2.45, 2.75) is 25.6 Å². The molecule has 0 bridgehead atoms. The normalized spacial score (nSPS) is 10.2. The monoisotopic (exact) mass is 288 g/mol. The summed E-state index contributed by atoms with van der Waals surface area (Å²) in [4.78, 5) is 11.3. The van der Waals surface area contributed by atoms with Crippen molar-refractivity contribution < 1.29 is 13.9 Å². The Morgan fingerprint density at radius 1 is 1.44 bits per heavy atom. The maximum Gasteiger partial charge on any atom is 0.310 e. The van der Waals surface area contributed by atoms with Gasteiger partial charge in [0.15, 0.2) is 0 Å². The van der Waals surface area contributed by atoms with Gasteiger partial charge in [-0.25, -0.2) is 4.39 Å². The van der Waals surface area contributed by atoms with Crippen molar-refractivity contribution in [3.8, 4) is 0 Å². The molecule has 0 fully saturated rings. The van der Waals surface area contributed by atoms with Crippen LogP contribution >= 0.6 is 15.9 Å². The minimum Gasteiger partial charge on any atom is -0.466 e. The minimum atomic E-state index is -0.396. The Bertz CT molecular complexity index is 391. The fourth-order valence-electron chi connectivity index (χ4n) is 1.52. The number of hydrogen-bond donors (Lipinski definition) is 0. The van der Waals surface area contributed by atoms with E-state index in [1.165, 1.54) is 0 Å². The topological polar surface area (TPSA) is 26.3 Å². The molecule has 0 spiro atoms. The van der Waals surface area contributed by atoms with Crippen LogP contribution in [0.15, 0.2) is 12.1 Å². The third kappa shape index (κ3) is 3.30. The van der Waals surface area contributed by atoms with Crippen molar-refractivity contribution in [2.75, 3.05) is 6.61 Å². The van der Waals surface area contributed by atoms with Crippen molar-refractivity contribution in [3.63, 3.8) is 0 Å². The van der Waals surface area contributed by atoms with Gasteiger partial charge in [-0.15, -0.1) is 0 Å². The van der Waals surface area contributed by atoms with E-state index in [2.05, 4.69) is 15.9 Å². The lowest BCUT2D eigenvalue weighted by Gasteiger charge is -2.08. The SMILES string of the molecule is CCOC(=O)Cc1cc(C)cc(CBr)c1F. The molecule has 16 heavy (non-hydrogen) atoms. The van der Waals surface area contributed by atoms with Crippen LogP contribution in [0, 0.1) is 12.7 Å². The van der Waals surface area contributed by atoms with E-state index in [0.29, 0.717) is 23.1 Å². The zero-order valence-corrected chi connectivity index (χ0v) is 10.9. The maximum absolute atomic E-state index is 13.8. The smallest absolute Gasteiger partial charge is 0.310 e. The first kappa shape index (κ1) is 13.2. The Kier molecular flexibility index (Phi) is 4.93. The Morgan fingerprint density at radius 2 is 2.06 bits per heavy atom. The predicted octanol–water partition coefficient (Wildman–Crippen LogP) is 3.13. The number of benzene rings is 1. The van der Waals surface area contributed by atoms with Crippen molar-refractivity contribution in [1.82, 2.24) is 0 Å². The zero-order valence-electron chi connectivity index (χ0n) is 9.35. The summed E-state index contributed by atoms with van der Waals surface area (Å²) in [5.74, 6) is -0.719. The lowest BCUT2D eigenvalue weighted by Crippen LogP contribution is -2.10. The average Bonchev–Trinajstić information content (AvgIpc) is 2.23.